The smallest absolute Gasteiger partial charge is 0.303 e. The van der Waals surface area contributed by atoms with Gasteiger partial charge in [-0.25, -0.2) is 0 Å². The molecule has 1 aromatic rings. The summed E-state index contributed by atoms with van der Waals surface area (Å²) in [7, 11) is 0. The SMILES string of the molecule is C/C=C1\C(=O)N[C@H](CC2N/C(=C\c3[nH]c(/C=C4\NC(=O)[C@H](C)[C@H]4[C@H](C)S)c(C)c3CCC(=O)O)C(CCC(=O)O)=C2C)C1C. The molecule has 3 aliphatic heterocycles. The molecule has 4 rings (SSSR count). The maximum atomic E-state index is 12.5. The van der Waals surface area contributed by atoms with Crippen molar-refractivity contribution in [2.24, 2.45) is 17.8 Å². The van der Waals surface area contributed by atoms with E-state index in [1.165, 1.54) is 0 Å². The van der Waals surface area contributed by atoms with Gasteiger partial charge in [-0.1, -0.05) is 26.8 Å². The molecule has 0 aromatic carbocycles. The van der Waals surface area contributed by atoms with Crippen LogP contribution in [0.15, 0.2) is 34.2 Å². The lowest BCUT2D eigenvalue weighted by atomic mass is 9.90. The molecule has 6 N–H and O–H groups in total. The van der Waals surface area contributed by atoms with Crippen LogP contribution in [0.2, 0.25) is 0 Å². The van der Waals surface area contributed by atoms with Crippen molar-refractivity contribution in [3.05, 3.63) is 56.7 Å². The third-order valence-electron chi connectivity index (χ3n) is 9.44. The van der Waals surface area contributed by atoms with Gasteiger partial charge in [-0.15, -0.1) is 0 Å². The number of carbonyl (C=O) groups is 4. The molecule has 0 aliphatic carbocycles. The monoisotopic (exact) mass is 624 g/mol. The topological polar surface area (TPSA) is 161 Å². The van der Waals surface area contributed by atoms with E-state index in [2.05, 4.69) is 33.6 Å². The number of aliphatic carboxylic acids is 2. The first-order valence-electron chi connectivity index (χ1n) is 15.2. The summed E-state index contributed by atoms with van der Waals surface area (Å²) in [6.07, 6.45) is 6.88. The van der Waals surface area contributed by atoms with Gasteiger partial charge in [-0.3, -0.25) is 19.2 Å². The number of hydrogen-bond acceptors (Lipinski definition) is 6. The molecular formula is C33H44N4O6S. The molecule has 0 spiro atoms. The molecule has 238 valence electrons. The molecule has 10 nitrogen and oxygen atoms in total. The summed E-state index contributed by atoms with van der Waals surface area (Å²) < 4.78 is 0. The molecule has 0 bridgehead atoms. The van der Waals surface area contributed by atoms with Crippen molar-refractivity contribution in [2.45, 2.75) is 91.0 Å². The average molecular weight is 625 g/mol. The highest BCUT2D eigenvalue weighted by Gasteiger charge is 2.39. The summed E-state index contributed by atoms with van der Waals surface area (Å²) in [4.78, 5) is 51.5. The number of aromatic amines is 1. The van der Waals surface area contributed by atoms with Crippen molar-refractivity contribution in [1.82, 2.24) is 20.9 Å². The second-order valence-electron chi connectivity index (χ2n) is 12.3. The van der Waals surface area contributed by atoms with Gasteiger partial charge in [-0.05, 0) is 74.5 Å². The lowest BCUT2D eigenvalue weighted by Gasteiger charge is -2.21. The van der Waals surface area contributed by atoms with E-state index in [-0.39, 0.29) is 59.7 Å². The van der Waals surface area contributed by atoms with E-state index >= 15 is 0 Å². The van der Waals surface area contributed by atoms with E-state index in [1.54, 1.807) is 0 Å². The van der Waals surface area contributed by atoms with E-state index in [4.69, 9.17) is 0 Å². The number of aromatic nitrogens is 1. The van der Waals surface area contributed by atoms with E-state index in [0.717, 1.165) is 50.6 Å². The van der Waals surface area contributed by atoms with Crippen LogP contribution in [0.5, 0.6) is 0 Å². The zero-order valence-corrected chi connectivity index (χ0v) is 27.1. The Morgan fingerprint density at radius 3 is 2.23 bits per heavy atom. The molecule has 2 fully saturated rings. The van der Waals surface area contributed by atoms with Gasteiger partial charge in [0.05, 0.1) is 0 Å². The van der Waals surface area contributed by atoms with Gasteiger partial charge in [0.1, 0.15) is 0 Å². The molecule has 2 unspecified atom stereocenters. The highest BCUT2D eigenvalue weighted by atomic mass is 32.1. The molecule has 2 saturated heterocycles. The summed E-state index contributed by atoms with van der Waals surface area (Å²) in [6.45, 7) is 11.7. The molecule has 2 amide bonds. The minimum Gasteiger partial charge on any atom is -0.481 e. The highest BCUT2D eigenvalue weighted by molar-refractivity contribution is 7.80. The first-order valence-corrected chi connectivity index (χ1v) is 15.8. The Morgan fingerprint density at radius 1 is 0.977 bits per heavy atom. The highest BCUT2D eigenvalue weighted by Crippen LogP contribution is 2.37. The standard InChI is InChI=1S/C33H44N4O6S/c1-7-20-15(2)25(36-33(20)43)12-23-16(3)21(8-10-29(38)39)26(34-23)14-27-22(9-11-30(40)41)17(4)24(35-27)13-28-31(19(6)44)18(5)32(42)37-28/h7,13-15,18-19,23,25,31,34-35,44H,8-12H2,1-6H3,(H,36,43)(H,37,42)(H,38,39)(H,40,41)/b20-7-,26-14-,28-13-/t15?,18-,19+,23?,25-,31+/m1/s1. The van der Waals surface area contributed by atoms with Gasteiger partial charge in [-0.2, -0.15) is 12.6 Å². The molecule has 6 atom stereocenters. The lowest BCUT2D eigenvalue weighted by molar-refractivity contribution is -0.138. The van der Waals surface area contributed by atoms with E-state index in [9.17, 15) is 29.4 Å². The van der Waals surface area contributed by atoms with Crippen LogP contribution in [0.3, 0.4) is 0 Å². The number of H-pyrrole nitrogens is 1. The second-order valence-corrected chi connectivity index (χ2v) is 13.1. The van der Waals surface area contributed by atoms with Crippen LogP contribution in [-0.2, 0) is 25.6 Å². The Kier molecular flexibility index (Phi) is 10.2. The Bertz CT molecular complexity index is 1480. The minimum atomic E-state index is -0.907. The van der Waals surface area contributed by atoms with Gasteiger partial charge in [0, 0.05) is 76.3 Å². The molecule has 4 heterocycles. The average Bonchev–Trinajstić information content (AvgIpc) is 3.59. The van der Waals surface area contributed by atoms with Gasteiger partial charge in [0.2, 0.25) is 11.8 Å². The number of thiol groups is 1. The number of carboxylic acid groups (broad SMARTS) is 2. The molecule has 0 saturated carbocycles. The molecule has 44 heavy (non-hydrogen) atoms. The minimum absolute atomic E-state index is 0.0359. The Labute approximate surface area is 263 Å². The van der Waals surface area contributed by atoms with Crippen molar-refractivity contribution in [2.75, 3.05) is 0 Å². The van der Waals surface area contributed by atoms with Gasteiger partial charge in [0.25, 0.3) is 0 Å². The number of nitrogens with one attached hydrogen (secondary N) is 4. The van der Waals surface area contributed by atoms with Crippen molar-refractivity contribution >= 4 is 48.5 Å². The van der Waals surface area contributed by atoms with Crippen LogP contribution in [0.25, 0.3) is 12.2 Å². The number of allylic oxidation sites excluding steroid dienone is 3. The summed E-state index contributed by atoms with van der Waals surface area (Å²) in [5, 5.41) is 28.6. The third-order valence-corrected chi connectivity index (χ3v) is 9.76. The lowest BCUT2D eigenvalue weighted by Crippen LogP contribution is -2.36. The molecule has 1 aromatic heterocycles. The van der Waals surface area contributed by atoms with Crippen molar-refractivity contribution in [1.29, 1.82) is 0 Å². The Morgan fingerprint density at radius 2 is 1.64 bits per heavy atom. The van der Waals surface area contributed by atoms with Crippen LogP contribution in [0.4, 0.5) is 0 Å². The molecule has 3 aliphatic rings. The van der Waals surface area contributed by atoms with Crippen LogP contribution < -0.4 is 16.0 Å². The van der Waals surface area contributed by atoms with E-state index in [1.807, 2.05) is 59.8 Å². The normalized spacial score (nSPS) is 28.6. The second kappa shape index (κ2) is 13.5. The van der Waals surface area contributed by atoms with Crippen LogP contribution >= 0.6 is 12.6 Å². The van der Waals surface area contributed by atoms with Crippen LogP contribution in [0, 0.1) is 24.7 Å². The quantitative estimate of drug-likeness (QED) is 0.142. The summed E-state index contributed by atoms with van der Waals surface area (Å²) in [5.41, 5.74) is 7.46. The molecule has 0 radical (unpaired) electrons. The molecular weight excluding hydrogens is 580 g/mol. The zero-order chi connectivity index (χ0) is 32.5. The summed E-state index contributed by atoms with van der Waals surface area (Å²) in [6, 6.07) is -0.175. The Hall–Kier alpha value is -3.73. The van der Waals surface area contributed by atoms with Crippen molar-refractivity contribution in [3.63, 3.8) is 0 Å². The van der Waals surface area contributed by atoms with Crippen LogP contribution in [0.1, 0.15) is 82.8 Å². The summed E-state index contributed by atoms with van der Waals surface area (Å²) >= 11 is 4.63. The number of hydrogen-bond donors (Lipinski definition) is 7. The van der Waals surface area contributed by atoms with Crippen molar-refractivity contribution < 1.29 is 29.4 Å². The van der Waals surface area contributed by atoms with E-state index in [0.29, 0.717) is 19.3 Å². The van der Waals surface area contributed by atoms with Crippen molar-refractivity contribution in [3.8, 4) is 0 Å². The predicted octanol–water partition coefficient (Wildman–Crippen LogP) is 4.35. The Balaban J connectivity index is 1.74. The maximum absolute atomic E-state index is 12.5. The van der Waals surface area contributed by atoms with Gasteiger partial charge < -0.3 is 31.1 Å². The number of amides is 2. The zero-order valence-electron chi connectivity index (χ0n) is 26.2. The summed E-state index contributed by atoms with van der Waals surface area (Å²) in [5.74, 6) is -2.18. The fourth-order valence-corrected chi connectivity index (χ4v) is 7.25. The first kappa shape index (κ1) is 33.2. The first-order chi connectivity index (χ1) is 20.7. The largest absolute Gasteiger partial charge is 0.481 e. The number of carbonyl (C=O) groups excluding carboxylic acids is 2. The van der Waals surface area contributed by atoms with Gasteiger partial charge in [0.15, 0.2) is 0 Å². The maximum Gasteiger partial charge on any atom is 0.303 e. The molecule has 11 heteroatoms. The van der Waals surface area contributed by atoms with E-state index < -0.39 is 11.9 Å². The predicted molar refractivity (Wildman–Crippen MR) is 173 cm³/mol. The third kappa shape index (κ3) is 6.82. The van der Waals surface area contributed by atoms with Crippen LogP contribution in [-0.4, -0.2) is 56.3 Å². The van der Waals surface area contributed by atoms with Gasteiger partial charge >= 0.3 is 11.9 Å². The fourth-order valence-electron chi connectivity index (χ4n) is 6.83. The number of carboxylic acids is 2. The number of rotatable bonds is 11. The fraction of sp³-hybridized carbons (Fsp3) is 0.515.